The molecule has 0 spiro atoms. The van der Waals surface area contributed by atoms with Crippen molar-refractivity contribution in [2.45, 2.75) is 50.6 Å². The van der Waals surface area contributed by atoms with E-state index >= 15 is 0 Å². The minimum absolute atomic E-state index is 0.0309. The molecule has 0 amide bonds. The van der Waals surface area contributed by atoms with Gasteiger partial charge in [-0.1, -0.05) is 0 Å². The van der Waals surface area contributed by atoms with Crippen LogP contribution in [0.1, 0.15) is 38.5 Å². The zero-order valence-electron chi connectivity index (χ0n) is 13.2. The van der Waals surface area contributed by atoms with Crippen LogP contribution in [0.15, 0.2) is 0 Å². The van der Waals surface area contributed by atoms with Gasteiger partial charge in [0.05, 0.1) is 0 Å². The first-order chi connectivity index (χ1) is 10.7. The van der Waals surface area contributed by atoms with Gasteiger partial charge >= 0.3 is 0 Å². The SMILES string of the molecule is CNCC[C@@H]1N[C@H]2C[C@@H](C=O)C[C@H]3CC(=O)[C@@H]1[C@]32CCC=O. The minimum atomic E-state index is -0.0874. The Bertz CT molecular complexity index is 467. The highest BCUT2D eigenvalue weighted by Gasteiger charge is 2.66. The molecule has 2 N–H and O–H groups in total. The minimum Gasteiger partial charge on any atom is -0.320 e. The van der Waals surface area contributed by atoms with E-state index in [2.05, 4.69) is 10.6 Å². The lowest BCUT2D eigenvalue weighted by atomic mass is 9.58. The Morgan fingerprint density at radius 3 is 2.86 bits per heavy atom. The smallest absolute Gasteiger partial charge is 0.138 e. The first-order valence-corrected chi connectivity index (χ1v) is 8.49. The van der Waals surface area contributed by atoms with Crippen molar-refractivity contribution in [3.8, 4) is 0 Å². The van der Waals surface area contributed by atoms with Crippen molar-refractivity contribution >= 4 is 18.4 Å². The van der Waals surface area contributed by atoms with Crippen molar-refractivity contribution in [2.75, 3.05) is 13.6 Å². The molecule has 2 saturated carbocycles. The van der Waals surface area contributed by atoms with Crippen molar-refractivity contribution in [3.05, 3.63) is 0 Å². The van der Waals surface area contributed by atoms with Crippen LogP contribution >= 0.6 is 0 Å². The first kappa shape index (κ1) is 15.8. The van der Waals surface area contributed by atoms with E-state index in [0.717, 1.165) is 44.8 Å². The monoisotopic (exact) mass is 306 g/mol. The van der Waals surface area contributed by atoms with E-state index < -0.39 is 0 Å². The molecule has 0 radical (unpaired) electrons. The summed E-state index contributed by atoms with van der Waals surface area (Å²) in [6.07, 6.45) is 6.50. The fourth-order valence-electron chi connectivity index (χ4n) is 5.58. The van der Waals surface area contributed by atoms with E-state index in [9.17, 15) is 14.4 Å². The molecule has 0 aromatic carbocycles. The summed E-state index contributed by atoms with van der Waals surface area (Å²) < 4.78 is 0. The average molecular weight is 306 g/mol. The van der Waals surface area contributed by atoms with Crippen molar-refractivity contribution in [1.29, 1.82) is 0 Å². The Labute approximate surface area is 131 Å². The normalized spacial score (nSPS) is 43.1. The Hall–Kier alpha value is -1.07. The standard InChI is InChI=1S/C17H26N2O3/c1-18-5-3-13-16-14(22)9-12-7-11(10-21)8-15(19-13)17(12,16)4-2-6-20/h6,10-13,15-16,18-19H,2-5,7-9H2,1H3/t11-,12-,13-,15-,16+,17+/m0/s1. The fourth-order valence-corrected chi connectivity index (χ4v) is 5.58. The number of nitrogens with one attached hydrogen (secondary N) is 2. The van der Waals surface area contributed by atoms with E-state index in [0.29, 0.717) is 18.6 Å². The zero-order chi connectivity index (χ0) is 15.7. The summed E-state index contributed by atoms with van der Waals surface area (Å²) in [7, 11) is 1.92. The third-order valence-corrected chi connectivity index (χ3v) is 6.32. The molecule has 3 fully saturated rings. The van der Waals surface area contributed by atoms with Crippen LogP contribution in [0.2, 0.25) is 0 Å². The average Bonchev–Trinajstić information content (AvgIpc) is 3.00. The van der Waals surface area contributed by atoms with Crippen LogP contribution in [-0.2, 0) is 14.4 Å². The molecule has 6 atom stereocenters. The summed E-state index contributed by atoms with van der Waals surface area (Å²) in [4.78, 5) is 34.9. The van der Waals surface area contributed by atoms with E-state index in [1.807, 2.05) is 7.05 Å². The van der Waals surface area contributed by atoms with Crippen LogP contribution < -0.4 is 10.6 Å². The molecule has 1 aliphatic heterocycles. The summed E-state index contributed by atoms with van der Waals surface area (Å²) in [5.41, 5.74) is -0.0874. The molecular weight excluding hydrogens is 280 g/mol. The van der Waals surface area contributed by atoms with E-state index in [1.54, 1.807) is 0 Å². The molecule has 0 aromatic rings. The summed E-state index contributed by atoms with van der Waals surface area (Å²) in [6, 6.07) is 0.395. The molecule has 0 unspecified atom stereocenters. The molecule has 122 valence electrons. The summed E-state index contributed by atoms with van der Waals surface area (Å²) in [5.74, 6) is 0.703. The van der Waals surface area contributed by atoms with E-state index in [1.165, 1.54) is 0 Å². The molecule has 1 saturated heterocycles. The van der Waals surface area contributed by atoms with Crippen LogP contribution in [0.25, 0.3) is 0 Å². The van der Waals surface area contributed by atoms with Crippen molar-refractivity contribution in [1.82, 2.24) is 10.6 Å². The molecule has 22 heavy (non-hydrogen) atoms. The Morgan fingerprint density at radius 1 is 1.36 bits per heavy atom. The van der Waals surface area contributed by atoms with Crippen LogP contribution in [0.4, 0.5) is 0 Å². The maximum Gasteiger partial charge on any atom is 0.138 e. The van der Waals surface area contributed by atoms with Crippen LogP contribution in [-0.4, -0.2) is 44.0 Å². The summed E-state index contributed by atoms with van der Waals surface area (Å²) in [5, 5.41) is 6.83. The number of aldehydes is 2. The maximum atomic E-state index is 12.7. The molecule has 0 aromatic heterocycles. The van der Waals surface area contributed by atoms with Gasteiger partial charge in [0.25, 0.3) is 0 Å². The van der Waals surface area contributed by atoms with Crippen LogP contribution in [0, 0.1) is 23.2 Å². The molecule has 0 bridgehead atoms. The highest BCUT2D eigenvalue weighted by molar-refractivity contribution is 5.86. The quantitative estimate of drug-likeness (QED) is 0.678. The third kappa shape index (κ3) is 2.26. The summed E-state index contributed by atoms with van der Waals surface area (Å²) >= 11 is 0. The van der Waals surface area contributed by atoms with Crippen molar-refractivity contribution in [2.24, 2.45) is 23.2 Å². The number of ketones is 1. The molecule has 5 nitrogen and oxygen atoms in total. The number of hydrogen-bond donors (Lipinski definition) is 2. The number of hydrogen-bond acceptors (Lipinski definition) is 5. The van der Waals surface area contributed by atoms with Crippen LogP contribution in [0.5, 0.6) is 0 Å². The Morgan fingerprint density at radius 2 is 2.18 bits per heavy atom. The lowest BCUT2D eigenvalue weighted by Crippen LogP contribution is -2.48. The van der Waals surface area contributed by atoms with Gasteiger partial charge in [0.1, 0.15) is 18.4 Å². The molecule has 3 aliphatic rings. The number of rotatable bonds is 7. The summed E-state index contributed by atoms with van der Waals surface area (Å²) in [6.45, 7) is 0.875. The topological polar surface area (TPSA) is 75.3 Å². The number of carbonyl (C=O) groups excluding carboxylic acids is 3. The van der Waals surface area contributed by atoms with E-state index in [4.69, 9.17) is 0 Å². The van der Waals surface area contributed by atoms with Gasteiger partial charge in [-0.3, -0.25) is 4.79 Å². The second-order valence-electron chi connectivity index (χ2n) is 7.25. The largest absolute Gasteiger partial charge is 0.320 e. The predicted octanol–water partition coefficient (Wildman–Crippen LogP) is 0.716. The molecular formula is C17H26N2O3. The van der Waals surface area contributed by atoms with Crippen LogP contribution in [0.3, 0.4) is 0 Å². The first-order valence-electron chi connectivity index (χ1n) is 8.49. The van der Waals surface area contributed by atoms with Gasteiger partial charge in [0, 0.05) is 42.2 Å². The lowest BCUT2D eigenvalue weighted by molar-refractivity contribution is -0.122. The molecule has 2 aliphatic carbocycles. The highest BCUT2D eigenvalue weighted by atomic mass is 16.1. The van der Waals surface area contributed by atoms with Crippen molar-refractivity contribution in [3.63, 3.8) is 0 Å². The van der Waals surface area contributed by atoms with Gasteiger partial charge in [-0.2, -0.15) is 0 Å². The highest BCUT2D eigenvalue weighted by Crippen LogP contribution is 2.61. The van der Waals surface area contributed by atoms with Gasteiger partial charge in [0.2, 0.25) is 0 Å². The number of Topliss-reactive ketones (excluding diaryl/α,β-unsaturated/α-hetero) is 1. The van der Waals surface area contributed by atoms with Gasteiger partial charge in [-0.25, -0.2) is 0 Å². The lowest BCUT2D eigenvalue weighted by Gasteiger charge is -2.45. The fraction of sp³-hybridized carbons (Fsp3) is 0.824. The zero-order valence-corrected chi connectivity index (χ0v) is 13.2. The second-order valence-corrected chi connectivity index (χ2v) is 7.25. The van der Waals surface area contributed by atoms with Gasteiger partial charge in [-0.15, -0.1) is 0 Å². The van der Waals surface area contributed by atoms with Gasteiger partial charge < -0.3 is 20.2 Å². The Kier molecular flexibility index (Phi) is 4.46. The number of carbonyl (C=O) groups is 3. The van der Waals surface area contributed by atoms with Gasteiger partial charge in [-0.05, 0) is 45.2 Å². The van der Waals surface area contributed by atoms with E-state index in [-0.39, 0.29) is 35.3 Å². The second kappa shape index (κ2) is 6.20. The molecule has 5 heteroatoms. The molecule has 1 heterocycles. The third-order valence-electron chi connectivity index (χ3n) is 6.32. The van der Waals surface area contributed by atoms with Gasteiger partial charge in [0.15, 0.2) is 0 Å². The Balaban J connectivity index is 1.92. The van der Waals surface area contributed by atoms with Crippen molar-refractivity contribution < 1.29 is 14.4 Å². The molecule has 3 rings (SSSR count). The maximum absolute atomic E-state index is 12.7. The predicted molar refractivity (Wildman–Crippen MR) is 82.4 cm³/mol.